The quantitative estimate of drug-likeness (QED) is 0.840. The summed E-state index contributed by atoms with van der Waals surface area (Å²) in [4.78, 5) is 18.1. The highest BCUT2D eigenvalue weighted by Gasteiger charge is 2.24. The second-order valence-corrected chi connectivity index (χ2v) is 4.93. The molecule has 1 aliphatic rings. The van der Waals surface area contributed by atoms with Crippen molar-refractivity contribution < 1.29 is 4.79 Å². The molecule has 0 aromatic carbocycles. The van der Waals surface area contributed by atoms with Crippen molar-refractivity contribution >= 4 is 5.91 Å². The predicted molar refractivity (Wildman–Crippen MR) is 70.2 cm³/mol. The van der Waals surface area contributed by atoms with Crippen molar-refractivity contribution in [2.75, 3.05) is 20.1 Å². The molecule has 1 fully saturated rings. The summed E-state index contributed by atoms with van der Waals surface area (Å²) < 4.78 is 2.12. The van der Waals surface area contributed by atoms with Crippen LogP contribution in [0.1, 0.15) is 25.1 Å². The predicted octanol–water partition coefficient (Wildman–Crippen LogP) is 0.792. The molecule has 1 aromatic rings. The smallest absolute Gasteiger partial charge is 0.239 e. The van der Waals surface area contributed by atoms with Gasteiger partial charge in [0.05, 0.1) is 6.04 Å². The second kappa shape index (κ2) is 6.00. The van der Waals surface area contributed by atoms with E-state index in [0.717, 1.165) is 44.7 Å². The van der Waals surface area contributed by atoms with E-state index in [0.29, 0.717) is 0 Å². The molecule has 1 amide bonds. The third kappa shape index (κ3) is 3.10. The Kier molecular flexibility index (Phi) is 4.36. The highest BCUT2D eigenvalue weighted by atomic mass is 16.2. The molecule has 1 N–H and O–H groups in total. The lowest BCUT2D eigenvalue weighted by atomic mass is 10.2. The molecule has 0 bridgehead atoms. The zero-order valence-electron chi connectivity index (χ0n) is 11.2. The third-order valence-corrected chi connectivity index (χ3v) is 3.55. The summed E-state index contributed by atoms with van der Waals surface area (Å²) in [5, 5.41) is 3.24. The van der Waals surface area contributed by atoms with E-state index in [9.17, 15) is 4.79 Å². The number of imidazole rings is 1. The van der Waals surface area contributed by atoms with E-state index < -0.39 is 0 Å². The highest BCUT2D eigenvalue weighted by molar-refractivity contribution is 5.81. The number of rotatable bonds is 5. The minimum absolute atomic E-state index is 0.0463. The van der Waals surface area contributed by atoms with Crippen LogP contribution in [0.3, 0.4) is 0 Å². The van der Waals surface area contributed by atoms with Gasteiger partial charge in [-0.3, -0.25) is 4.79 Å². The molecule has 100 valence electrons. The summed E-state index contributed by atoms with van der Waals surface area (Å²) in [5.41, 5.74) is 0. The molecule has 0 spiro atoms. The Morgan fingerprint density at radius 1 is 1.67 bits per heavy atom. The first kappa shape index (κ1) is 13.1. The van der Waals surface area contributed by atoms with Gasteiger partial charge < -0.3 is 14.8 Å². The van der Waals surface area contributed by atoms with Crippen LogP contribution in [0.2, 0.25) is 0 Å². The molecule has 2 heterocycles. The van der Waals surface area contributed by atoms with Crippen LogP contribution in [0.5, 0.6) is 0 Å². The van der Waals surface area contributed by atoms with E-state index in [1.54, 1.807) is 0 Å². The van der Waals surface area contributed by atoms with Gasteiger partial charge in [0, 0.05) is 32.5 Å². The summed E-state index contributed by atoms with van der Waals surface area (Å²) in [6.07, 6.45) is 6.84. The Morgan fingerprint density at radius 3 is 3.11 bits per heavy atom. The number of amides is 1. The van der Waals surface area contributed by atoms with Crippen LogP contribution >= 0.6 is 0 Å². The molecule has 1 saturated heterocycles. The normalized spacial score (nSPS) is 19.1. The lowest BCUT2D eigenvalue weighted by molar-refractivity contribution is -0.131. The Morgan fingerprint density at radius 2 is 2.50 bits per heavy atom. The van der Waals surface area contributed by atoms with E-state index in [1.165, 1.54) is 0 Å². The Labute approximate surface area is 108 Å². The SMILES string of the molecule is Cc1nccn1CCCN(C)C(=O)C1CCCN1. The van der Waals surface area contributed by atoms with Crippen molar-refractivity contribution in [3.05, 3.63) is 18.2 Å². The fourth-order valence-electron chi connectivity index (χ4n) is 2.39. The lowest BCUT2D eigenvalue weighted by Gasteiger charge is -2.21. The largest absolute Gasteiger partial charge is 0.344 e. The van der Waals surface area contributed by atoms with Gasteiger partial charge >= 0.3 is 0 Å². The summed E-state index contributed by atoms with van der Waals surface area (Å²) in [6, 6.07) is 0.0463. The Bertz CT molecular complexity index is 395. The van der Waals surface area contributed by atoms with Gasteiger partial charge in [0.25, 0.3) is 0 Å². The number of aromatic nitrogens is 2. The van der Waals surface area contributed by atoms with Gasteiger partial charge in [-0.25, -0.2) is 4.98 Å². The minimum Gasteiger partial charge on any atom is -0.344 e. The molecule has 0 aliphatic carbocycles. The van der Waals surface area contributed by atoms with E-state index in [4.69, 9.17) is 0 Å². The van der Waals surface area contributed by atoms with Gasteiger partial charge in [-0.1, -0.05) is 0 Å². The molecule has 1 aliphatic heterocycles. The summed E-state index contributed by atoms with van der Waals surface area (Å²) in [7, 11) is 1.89. The van der Waals surface area contributed by atoms with Crippen molar-refractivity contribution in [2.24, 2.45) is 0 Å². The fraction of sp³-hybridized carbons (Fsp3) is 0.692. The highest BCUT2D eigenvalue weighted by Crippen LogP contribution is 2.08. The number of carbonyl (C=O) groups is 1. The Balaban J connectivity index is 1.72. The van der Waals surface area contributed by atoms with Gasteiger partial charge in [0.1, 0.15) is 5.82 Å². The second-order valence-electron chi connectivity index (χ2n) is 4.93. The molecule has 0 radical (unpaired) electrons. The van der Waals surface area contributed by atoms with Gasteiger partial charge in [-0.05, 0) is 32.7 Å². The standard InChI is InChI=1S/C13H22N4O/c1-11-14-7-10-17(11)9-4-8-16(2)13(18)12-5-3-6-15-12/h7,10,12,15H,3-6,8-9H2,1-2H3. The molecule has 1 aromatic heterocycles. The topological polar surface area (TPSA) is 50.2 Å². The number of nitrogens with one attached hydrogen (secondary N) is 1. The third-order valence-electron chi connectivity index (χ3n) is 3.55. The van der Waals surface area contributed by atoms with Crippen molar-refractivity contribution in [1.82, 2.24) is 19.8 Å². The molecule has 1 atom stereocenters. The fourth-order valence-corrected chi connectivity index (χ4v) is 2.39. The number of likely N-dealkylation sites (N-methyl/N-ethyl adjacent to an activating group) is 1. The number of aryl methyl sites for hydroxylation is 2. The first-order valence-electron chi connectivity index (χ1n) is 6.64. The van der Waals surface area contributed by atoms with E-state index in [-0.39, 0.29) is 11.9 Å². The van der Waals surface area contributed by atoms with Gasteiger partial charge in [-0.2, -0.15) is 0 Å². The molecular formula is C13H22N4O. The van der Waals surface area contributed by atoms with Crippen LogP contribution in [0.25, 0.3) is 0 Å². The van der Waals surface area contributed by atoms with Crippen LogP contribution < -0.4 is 5.32 Å². The maximum absolute atomic E-state index is 12.0. The molecule has 18 heavy (non-hydrogen) atoms. The summed E-state index contributed by atoms with van der Waals surface area (Å²) >= 11 is 0. The van der Waals surface area contributed by atoms with Crippen LogP contribution in [0.4, 0.5) is 0 Å². The maximum Gasteiger partial charge on any atom is 0.239 e. The molecular weight excluding hydrogens is 228 g/mol. The van der Waals surface area contributed by atoms with E-state index >= 15 is 0 Å². The molecule has 5 nitrogen and oxygen atoms in total. The van der Waals surface area contributed by atoms with Crippen molar-refractivity contribution in [1.29, 1.82) is 0 Å². The summed E-state index contributed by atoms with van der Waals surface area (Å²) in [6.45, 7) is 4.69. The van der Waals surface area contributed by atoms with Gasteiger partial charge in [-0.15, -0.1) is 0 Å². The molecule has 5 heteroatoms. The van der Waals surface area contributed by atoms with Crippen LogP contribution in [-0.2, 0) is 11.3 Å². The molecule has 1 unspecified atom stereocenters. The van der Waals surface area contributed by atoms with Crippen LogP contribution in [-0.4, -0.2) is 46.5 Å². The Hall–Kier alpha value is -1.36. The van der Waals surface area contributed by atoms with Gasteiger partial charge in [0.2, 0.25) is 5.91 Å². The van der Waals surface area contributed by atoms with Crippen molar-refractivity contribution in [2.45, 2.75) is 38.8 Å². The number of hydrogen-bond donors (Lipinski definition) is 1. The number of carbonyl (C=O) groups excluding carboxylic acids is 1. The molecule has 2 rings (SSSR count). The molecule has 0 saturated carbocycles. The zero-order chi connectivity index (χ0) is 13.0. The van der Waals surface area contributed by atoms with Crippen molar-refractivity contribution in [3.63, 3.8) is 0 Å². The number of hydrogen-bond acceptors (Lipinski definition) is 3. The minimum atomic E-state index is 0.0463. The van der Waals surface area contributed by atoms with E-state index in [2.05, 4.69) is 14.9 Å². The monoisotopic (exact) mass is 250 g/mol. The van der Waals surface area contributed by atoms with Crippen LogP contribution in [0.15, 0.2) is 12.4 Å². The summed E-state index contributed by atoms with van der Waals surface area (Å²) in [5.74, 6) is 1.26. The van der Waals surface area contributed by atoms with Gasteiger partial charge in [0.15, 0.2) is 0 Å². The average Bonchev–Trinajstić information content (AvgIpc) is 3.00. The maximum atomic E-state index is 12.0. The van der Waals surface area contributed by atoms with E-state index in [1.807, 2.05) is 31.3 Å². The van der Waals surface area contributed by atoms with Crippen molar-refractivity contribution in [3.8, 4) is 0 Å². The average molecular weight is 250 g/mol. The number of nitrogens with zero attached hydrogens (tertiary/aromatic N) is 3. The zero-order valence-corrected chi connectivity index (χ0v) is 11.2. The lowest BCUT2D eigenvalue weighted by Crippen LogP contribution is -2.42. The first-order valence-corrected chi connectivity index (χ1v) is 6.64. The van der Waals surface area contributed by atoms with Crippen LogP contribution in [0, 0.1) is 6.92 Å². The first-order chi connectivity index (χ1) is 8.68.